The molecule has 0 atom stereocenters. The highest BCUT2D eigenvalue weighted by atomic mass is 15.2. The summed E-state index contributed by atoms with van der Waals surface area (Å²) in [6.07, 6.45) is 0. The van der Waals surface area contributed by atoms with E-state index in [1.807, 2.05) is 0 Å². The minimum atomic E-state index is 1.13. The van der Waals surface area contributed by atoms with Crippen molar-refractivity contribution < 1.29 is 0 Å². The summed E-state index contributed by atoms with van der Waals surface area (Å²) < 4.78 is 5.11. The molecule has 4 heterocycles. The number of rotatable bonds is 3. The van der Waals surface area contributed by atoms with E-state index in [-0.39, 0.29) is 0 Å². The molecule has 0 bridgehead atoms. The first-order valence-electron chi connectivity index (χ1n) is 18.4. The van der Waals surface area contributed by atoms with E-state index in [1.165, 1.54) is 103 Å². The van der Waals surface area contributed by atoms with Crippen LogP contribution >= 0.6 is 0 Å². The zero-order valence-corrected chi connectivity index (χ0v) is 28.6. The van der Waals surface area contributed by atoms with Crippen molar-refractivity contribution in [1.82, 2.24) is 8.80 Å². The van der Waals surface area contributed by atoms with Crippen LogP contribution in [-0.2, 0) is 0 Å². The van der Waals surface area contributed by atoms with E-state index < -0.39 is 0 Å². The van der Waals surface area contributed by atoms with Gasteiger partial charge in [0.1, 0.15) is 0 Å². The number of hydrogen-bond acceptors (Lipinski definition) is 1. The summed E-state index contributed by atoms with van der Waals surface area (Å²) in [7, 11) is 0. The predicted molar refractivity (Wildman–Crippen MR) is 225 cm³/mol. The van der Waals surface area contributed by atoms with Crippen LogP contribution in [0.2, 0.25) is 0 Å². The third-order valence-electron chi connectivity index (χ3n) is 11.9. The van der Waals surface area contributed by atoms with E-state index in [0.717, 1.165) is 11.4 Å². The Kier molecular flexibility index (Phi) is 5.11. The van der Waals surface area contributed by atoms with Gasteiger partial charge in [-0.05, 0) is 64.7 Å². The van der Waals surface area contributed by atoms with Crippen molar-refractivity contribution in [2.75, 3.05) is 4.90 Å². The molecule has 53 heavy (non-hydrogen) atoms. The molecule has 0 unspecified atom stereocenters. The summed E-state index contributed by atoms with van der Waals surface area (Å²) in [4.78, 5) is 2.46. The SMILES string of the molecule is c1ccc(N(c2ccccc2)c2c3ccccc3cc3c4cccc5c6c7c8cccc9c%10c%11ccccc%11ccc%10n(c7ccc6n(c23)c45)c98)cc1. The van der Waals surface area contributed by atoms with Gasteiger partial charge in [-0.2, -0.15) is 0 Å². The molecule has 3 heteroatoms. The highest BCUT2D eigenvalue weighted by molar-refractivity contribution is 6.37. The molecule has 0 aliphatic rings. The molecule has 0 spiro atoms. The highest BCUT2D eigenvalue weighted by Gasteiger charge is 2.28. The fourth-order valence-electron chi connectivity index (χ4n) is 9.88. The average molecular weight is 672 g/mol. The van der Waals surface area contributed by atoms with Crippen LogP contribution in [0.4, 0.5) is 17.1 Å². The second-order valence-electron chi connectivity index (χ2n) is 14.5. The molecule has 244 valence electrons. The largest absolute Gasteiger partial charge is 0.308 e. The number of hydrogen-bond donors (Lipinski definition) is 0. The van der Waals surface area contributed by atoms with Crippen molar-refractivity contribution >= 4 is 115 Å². The van der Waals surface area contributed by atoms with Crippen molar-refractivity contribution in [1.29, 1.82) is 0 Å². The Morgan fingerprint density at radius 3 is 1.49 bits per heavy atom. The van der Waals surface area contributed by atoms with Crippen LogP contribution in [0.3, 0.4) is 0 Å². The van der Waals surface area contributed by atoms with Crippen molar-refractivity contribution in [3.8, 4) is 0 Å². The molecule has 13 rings (SSSR count). The molecular formula is C50H29N3. The van der Waals surface area contributed by atoms with Gasteiger partial charge in [0.05, 0.1) is 38.8 Å². The van der Waals surface area contributed by atoms with Crippen molar-refractivity contribution in [2.24, 2.45) is 0 Å². The van der Waals surface area contributed by atoms with Gasteiger partial charge in [0.25, 0.3) is 0 Å². The quantitative estimate of drug-likeness (QED) is 0.182. The second-order valence-corrected chi connectivity index (χ2v) is 14.5. The predicted octanol–water partition coefficient (Wildman–Crippen LogP) is 13.8. The number of nitrogens with zero attached hydrogens (tertiary/aromatic N) is 3. The van der Waals surface area contributed by atoms with Gasteiger partial charge in [-0.15, -0.1) is 0 Å². The first kappa shape index (κ1) is 27.6. The lowest BCUT2D eigenvalue weighted by atomic mass is 9.99. The van der Waals surface area contributed by atoms with Crippen LogP contribution in [0.5, 0.6) is 0 Å². The molecule has 9 aromatic carbocycles. The lowest BCUT2D eigenvalue weighted by Crippen LogP contribution is -2.11. The van der Waals surface area contributed by atoms with Crippen LogP contribution in [0.25, 0.3) is 97.7 Å². The molecule has 0 aliphatic carbocycles. The topological polar surface area (TPSA) is 12.1 Å². The van der Waals surface area contributed by atoms with Gasteiger partial charge >= 0.3 is 0 Å². The molecule has 0 fully saturated rings. The Morgan fingerprint density at radius 1 is 0.302 bits per heavy atom. The summed E-state index contributed by atoms with van der Waals surface area (Å²) in [6, 6.07) is 64.9. The lowest BCUT2D eigenvalue weighted by molar-refractivity contribution is 1.28. The number of para-hydroxylation sites is 4. The number of fused-ring (bicyclic) bond motifs is 16. The van der Waals surface area contributed by atoms with E-state index in [0.29, 0.717) is 0 Å². The molecule has 13 aromatic rings. The monoisotopic (exact) mass is 671 g/mol. The Balaban J connectivity index is 1.25. The Bertz CT molecular complexity index is 3570. The Labute approximate surface area is 303 Å². The van der Waals surface area contributed by atoms with Crippen molar-refractivity contribution in [3.63, 3.8) is 0 Å². The van der Waals surface area contributed by atoms with E-state index in [4.69, 9.17) is 0 Å². The maximum absolute atomic E-state index is 2.58. The summed E-state index contributed by atoms with van der Waals surface area (Å²) in [5, 5.41) is 15.5. The molecule has 0 N–H and O–H groups in total. The third-order valence-corrected chi connectivity index (χ3v) is 11.9. The fraction of sp³-hybridized carbons (Fsp3) is 0. The van der Waals surface area contributed by atoms with Gasteiger partial charge < -0.3 is 13.7 Å². The van der Waals surface area contributed by atoms with Gasteiger partial charge in [-0.3, -0.25) is 0 Å². The van der Waals surface area contributed by atoms with Crippen molar-refractivity contribution in [2.45, 2.75) is 0 Å². The van der Waals surface area contributed by atoms with E-state index in [9.17, 15) is 0 Å². The first-order valence-corrected chi connectivity index (χ1v) is 18.4. The van der Waals surface area contributed by atoms with Crippen molar-refractivity contribution in [3.05, 3.63) is 176 Å². The molecule has 4 aromatic heterocycles. The third kappa shape index (κ3) is 3.36. The minimum absolute atomic E-state index is 1.13. The maximum Gasteiger partial charge on any atom is 0.0789 e. The summed E-state index contributed by atoms with van der Waals surface area (Å²) in [5.41, 5.74) is 11.0. The van der Waals surface area contributed by atoms with Gasteiger partial charge in [-0.25, -0.2) is 0 Å². The van der Waals surface area contributed by atoms with E-state index in [1.54, 1.807) is 0 Å². The molecule has 0 amide bonds. The second kappa shape index (κ2) is 9.81. The van der Waals surface area contributed by atoms with Gasteiger partial charge in [0.15, 0.2) is 0 Å². The standard InChI is InChI=1S/C50H29N3/c1-3-15-32(16-4-1)51(33-17-5-2-6-18-33)49-35-20-10-8-14-31(35)29-40-36-21-11-23-38-46-43(53(47(36)38)50(40)49)28-27-42-45(46)39-24-12-22-37-44-34-19-9-7-13-30(34)25-26-41(44)52(42)48(37)39/h1-29H. The maximum atomic E-state index is 2.58. The summed E-state index contributed by atoms with van der Waals surface area (Å²) in [5.74, 6) is 0. The van der Waals surface area contributed by atoms with Crippen LogP contribution < -0.4 is 4.90 Å². The first-order chi connectivity index (χ1) is 26.3. The molecular weight excluding hydrogens is 643 g/mol. The number of anilines is 3. The highest BCUT2D eigenvalue weighted by Crippen LogP contribution is 2.51. The zero-order valence-electron chi connectivity index (χ0n) is 28.6. The molecule has 0 aliphatic heterocycles. The molecule has 0 radical (unpaired) electrons. The van der Waals surface area contributed by atoms with Crippen LogP contribution in [0.1, 0.15) is 0 Å². The van der Waals surface area contributed by atoms with E-state index in [2.05, 4.69) is 190 Å². The Morgan fingerprint density at radius 2 is 0.792 bits per heavy atom. The normalized spacial score (nSPS) is 12.5. The van der Waals surface area contributed by atoms with E-state index >= 15 is 0 Å². The molecule has 3 nitrogen and oxygen atoms in total. The summed E-state index contributed by atoms with van der Waals surface area (Å²) >= 11 is 0. The zero-order chi connectivity index (χ0) is 34.4. The Hall–Kier alpha value is -7.10. The van der Waals surface area contributed by atoms with Crippen LogP contribution in [0.15, 0.2) is 176 Å². The average Bonchev–Trinajstić information content (AvgIpc) is 3.95. The fourth-order valence-corrected chi connectivity index (χ4v) is 9.88. The smallest absolute Gasteiger partial charge is 0.0789 e. The van der Waals surface area contributed by atoms with Gasteiger partial charge in [0.2, 0.25) is 0 Å². The van der Waals surface area contributed by atoms with Gasteiger partial charge in [-0.1, -0.05) is 127 Å². The number of benzene rings is 9. The summed E-state index contributed by atoms with van der Waals surface area (Å²) in [6.45, 7) is 0. The minimum Gasteiger partial charge on any atom is -0.308 e. The van der Waals surface area contributed by atoms with Crippen LogP contribution in [-0.4, -0.2) is 8.80 Å². The van der Waals surface area contributed by atoms with Gasteiger partial charge in [0, 0.05) is 59.9 Å². The molecule has 0 saturated carbocycles. The number of aromatic nitrogens is 2. The molecule has 0 saturated heterocycles. The lowest BCUT2D eigenvalue weighted by Gasteiger charge is -2.28. The van der Waals surface area contributed by atoms with Crippen LogP contribution in [0, 0.1) is 0 Å².